The van der Waals surface area contributed by atoms with E-state index in [1.54, 1.807) is 13.1 Å². The summed E-state index contributed by atoms with van der Waals surface area (Å²) in [6.45, 7) is 3.46. The Morgan fingerprint density at radius 2 is 2.39 bits per heavy atom. The van der Waals surface area contributed by atoms with Crippen molar-refractivity contribution in [2.75, 3.05) is 18.0 Å². The molecule has 0 aliphatic carbocycles. The van der Waals surface area contributed by atoms with Gasteiger partial charge in [-0.25, -0.2) is 9.97 Å². The van der Waals surface area contributed by atoms with Gasteiger partial charge in [0.2, 0.25) is 0 Å². The van der Waals surface area contributed by atoms with Crippen molar-refractivity contribution in [3.8, 4) is 11.5 Å². The summed E-state index contributed by atoms with van der Waals surface area (Å²) < 4.78 is 5.18. The van der Waals surface area contributed by atoms with Crippen LogP contribution >= 0.6 is 0 Å². The number of aryl methyl sites for hydroxylation is 1. The Labute approximate surface area is 104 Å². The van der Waals surface area contributed by atoms with E-state index in [1.165, 1.54) is 6.33 Å². The average Bonchev–Trinajstić information content (AvgIpc) is 2.98. The molecule has 0 radical (unpaired) electrons. The van der Waals surface area contributed by atoms with E-state index in [0.717, 1.165) is 30.9 Å². The van der Waals surface area contributed by atoms with Crippen molar-refractivity contribution >= 4 is 5.82 Å². The summed E-state index contributed by atoms with van der Waals surface area (Å²) in [7, 11) is 0. The summed E-state index contributed by atoms with van der Waals surface area (Å²) >= 11 is 0. The van der Waals surface area contributed by atoms with Crippen LogP contribution in [0.3, 0.4) is 0 Å². The fraction of sp³-hybridized carbons (Fsp3) is 0.455. The first-order chi connectivity index (χ1) is 8.74. The molecule has 3 rings (SSSR count). The van der Waals surface area contributed by atoms with E-state index in [4.69, 9.17) is 10.3 Å². The Morgan fingerprint density at radius 1 is 1.50 bits per heavy atom. The Morgan fingerprint density at radius 3 is 3.06 bits per heavy atom. The minimum absolute atomic E-state index is 0.192. The van der Waals surface area contributed by atoms with Crippen LogP contribution in [0.15, 0.2) is 17.0 Å². The minimum Gasteiger partial charge on any atom is -0.354 e. The fourth-order valence-electron chi connectivity index (χ4n) is 2.11. The lowest BCUT2D eigenvalue weighted by molar-refractivity contribution is 0.425. The quantitative estimate of drug-likeness (QED) is 0.818. The van der Waals surface area contributed by atoms with Gasteiger partial charge in [0.1, 0.15) is 17.7 Å². The number of hydrogen-bond acceptors (Lipinski definition) is 7. The standard InChI is InChI=1S/C11H14N6O/c1-7-15-11(18-16-7)9-4-13-6-14-10(9)17-3-2-8(12)5-17/h4,6,8H,2-3,5,12H2,1H3/t8-/m0/s1. The lowest BCUT2D eigenvalue weighted by atomic mass is 10.3. The Bertz CT molecular complexity index is 554. The Kier molecular flexibility index (Phi) is 2.67. The van der Waals surface area contributed by atoms with Gasteiger partial charge in [0, 0.05) is 25.3 Å². The van der Waals surface area contributed by atoms with Crippen LogP contribution in [0, 0.1) is 6.92 Å². The van der Waals surface area contributed by atoms with Crippen LogP contribution in [-0.4, -0.2) is 39.2 Å². The molecule has 2 aromatic heterocycles. The number of hydrogen-bond donors (Lipinski definition) is 1. The zero-order valence-corrected chi connectivity index (χ0v) is 10.1. The first-order valence-corrected chi connectivity index (χ1v) is 5.85. The zero-order valence-electron chi connectivity index (χ0n) is 10.1. The Balaban J connectivity index is 2.00. The number of aromatic nitrogens is 4. The van der Waals surface area contributed by atoms with Crippen molar-refractivity contribution in [3.05, 3.63) is 18.3 Å². The SMILES string of the molecule is Cc1noc(-c2cncnc2N2CC[C@H](N)C2)n1. The molecule has 0 amide bonds. The van der Waals surface area contributed by atoms with E-state index < -0.39 is 0 Å². The molecule has 0 saturated carbocycles. The van der Waals surface area contributed by atoms with Crippen molar-refractivity contribution in [3.63, 3.8) is 0 Å². The summed E-state index contributed by atoms with van der Waals surface area (Å²) in [4.78, 5) is 14.7. The van der Waals surface area contributed by atoms with Gasteiger partial charge in [-0.3, -0.25) is 0 Å². The summed E-state index contributed by atoms with van der Waals surface area (Å²) in [6, 6.07) is 0.192. The highest BCUT2D eigenvalue weighted by atomic mass is 16.5. The van der Waals surface area contributed by atoms with Crippen molar-refractivity contribution in [2.45, 2.75) is 19.4 Å². The van der Waals surface area contributed by atoms with Crippen LogP contribution in [0.2, 0.25) is 0 Å². The number of rotatable bonds is 2. The minimum atomic E-state index is 0.192. The molecular weight excluding hydrogens is 232 g/mol. The van der Waals surface area contributed by atoms with E-state index in [1.807, 2.05) is 0 Å². The third-order valence-corrected chi connectivity index (χ3v) is 2.97. The zero-order chi connectivity index (χ0) is 12.5. The molecule has 2 aromatic rings. The molecule has 1 atom stereocenters. The number of anilines is 1. The van der Waals surface area contributed by atoms with Crippen molar-refractivity contribution in [2.24, 2.45) is 5.73 Å². The van der Waals surface area contributed by atoms with Crippen LogP contribution in [-0.2, 0) is 0 Å². The summed E-state index contributed by atoms with van der Waals surface area (Å²) in [5.74, 6) is 1.85. The first-order valence-electron chi connectivity index (χ1n) is 5.85. The predicted molar refractivity (Wildman–Crippen MR) is 64.9 cm³/mol. The highest BCUT2D eigenvalue weighted by molar-refractivity contribution is 5.69. The molecule has 94 valence electrons. The molecule has 0 bridgehead atoms. The summed E-state index contributed by atoms with van der Waals surface area (Å²) in [5.41, 5.74) is 6.68. The molecule has 1 fully saturated rings. The molecule has 0 unspecified atom stereocenters. The monoisotopic (exact) mass is 246 g/mol. The second-order valence-electron chi connectivity index (χ2n) is 4.40. The highest BCUT2D eigenvalue weighted by Gasteiger charge is 2.24. The van der Waals surface area contributed by atoms with E-state index in [-0.39, 0.29) is 6.04 Å². The molecule has 18 heavy (non-hydrogen) atoms. The van der Waals surface area contributed by atoms with Gasteiger partial charge in [-0.15, -0.1) is 0 Å². The highest BCUT2D eigenvalue weighted by Crippen LogP contribution is 2.28. The van der Waals surface area contributed by atoms with Crippen molar-refractivity contribution < 1.29 is 4.52 Å². The van der Waals surface area contributed by atoms with E-state index in [9.17, 15) is 0 Å². The maximum absolute atomic E-state index is 5.92. The molecule has 0 aromatic carbocycles. The number of nitrogens with zero attached hydrogens (tertiary/aromatic N) is 5. The van der Waals surface area contributed by atoms with Crippen LogP contribution in [0.25, 0.3) is 11.5 Å². The van der Waals surface area contributed by atoms with Gasteiger partial charge in [0.05, 0.1) is 0 Å². The molecule has 7 heteroatoms. The second-order valence-corrected chi connectivity index (χ2v) is 4.40. The van der Waals surface area contributed by atoms with Gasteiger partial charge >= 0.3 is 0 Å². The molecule has 1 aliphatic rings. The second kappa shape index (κ2) is 4.34. The molecule has 1 aliphatic heterocycles. The maximum atomic E-state index is 5.92. The maximum Gasteiger partial charge on any atom is 0.263 e. The van der Waals surface area contributed by atoms with Crippen LogP contribution < -0.4 is 10.6 Å². The molecular formula is C11H14N6O. The molecule has 2 N–H and O–H groups in total. The van der Waals surface area contributed by atoms with Crippen molar-refractivity contribution in [1.82, 2.24) is 20.1 Å². The largest absolute Gasteiger partial charge is 0.354 e. The van der Waals surface area contributed by atoms with Gasteiger partial charge in [0.15, 0.2) is 5.82 Å². The third kappa shape index (κ3) is 1.92. The molecule has 0 spiro atoms. The van der Waals surface area contributed by atoms with Gasteiger partial charge in [0.25, 0.3) is 5.89 Å². The van der Waals surface area contributed by atoms with Gasteiger partial charge in [-0.2, -0.15) is 4.98 Å². The smallest absolute Gasteiger partial charge is 0.263 e. The van der Waals surface area contributed by atoms with E-state index in [0.29, 0.717) is 11.7 Å². The first kappa shape index (κ1) is 11.1. The fourth-order valence-corrected chi connectivity index (χ4v) is 2.11. The molecule has 3 heterocycles. The summed E-state index contributed by atoms with van der Waals surface area (Å²) in [6.07, 6.45) is 4.18. The van der Waals surface area contributed by atoms with Crippen LogP contribution in [0.5, 0.6) is 0 Å². The Hall–Kier alpha value is -2.02. The van der Waals surface area contributed by atoms with Crippen LogP contribution in [0.1, 0.15) is 12.2 Å². The topological polar surface area (TPSA) is 94.0 Å². The van der Waals surface area contributed by atoms with E-state index in [2.05, 4.69) is 25.0 Å². The normalized spacial score (nSPS) is 19.4. The summed E-state index contributed by atoms with van der Waals surface area (Å²) in [5, 5.41) is 3.79. The van der Waals surface area contributed by atoms with Crippen molar-refractivity contribution in [1.29, 1.82) is 0 Å². The van der Waals surface area contributed by atoms with Crippen LogP contribution in [0.4, 0.5) is 5.82 Å². The molecule has 1 saturated heterocycles. The number of nitrogens with two attached hydrogens (primary N) is 1. The predicted octanol–water partition coefficient (Wildman–Crippen LogP) is 0.372. The third-order valence-electron chi connectivity index (χ3n) is 2.97. The van der Waals surface area contributed by atoms with Gasteiger partial charge < -0.3 is 15.2 Å². The lowest BCUT2D eigenvalue weighted by Crippen LogP contribution is -2.27. The van der Waals surface area contributed by atoms with Gasteiger partial charge in [-0.1, -0.05) is 5.16 Å². The van der Waals surface area contributed by atoms with Gasteiger partial charge in [-0.05, 0) is 13.3 Å². The average molecular weight is 246 g/mol. The molecule has 7 nitrogen and oxygen atoms in total. The lowest BCUT2D eigenvalue weighted by Gasteiger charge is -2.18. The van der Waals surface area contributed by atoms with E-state index >= 15 is 0 Å².